The second-order valence-electron chi connectivity index (χ2n) is 5.07. The summed E-state index contributed by atoms with van der Waals surface area (Å²) < 4.78 is 13.6. The van der Waals surface area contributed by atoms with Gasteiger partial charge in [0.25, 0.3) is 5.91 Å². The Balaban J connectivity index is 1.89. The number of benzene rings is 1. The van der Waals surface area contributed by atoms with Gasteiger partial charge < -0.3 is 10.7 Å². The molecule has 1 aromatic carbocycles. The van der Waals surface area contributed by atoms with Gasteiger partial charge in [-0.25, -0.2) is 9.37 Å². The maximum absolute atomic E-state index is 13.6. The van der Waals surface area contributed by atoms with Gasteiger partial charge in [0.2, 0.25) is 0 Å². The number of fused-ring (bicyclic) bond motifs is 2. The van der Waals surface area contributed by atoms with Crippen LogP contribution in [0.2, 0.25) is 0 Å². The van der Waals surface area contributed by atoms with Gasteiger partial charge in [-0.05, 0) is 18.2 Å². The maximum atomic E-state index is 13.6. The van der Waals surface area contributed by atoms with E-state index in [1.165, 1.54) is 10.9 Å². The average Bonchev–Trinajstić information content (AvgIpc) is 3.09. The molecular formula is C15H11FN4OS. The zero-order valence-electron chi connectivity index (χ0n) is 11.4. The number of hydrogen-bond donors (Lipinski definition) is 2. The van der Waals surface area contributed by atoms with E-state index in [0.29, 0.717) is 16.9 Å². The summed E-state index contributed by atoms with van der Waals surface area (Å²) >= 11 is 1.63. The van der Waals surface area contributed by atoms with Crippen LogP contribution in [0.4, 0.5) is 4.39 Å². The number of H-pyrrole nitrogens is 1. The standard InChI is InChI=1S/C15H11FN4OS/c16-8-4-9(14(17)21)13-10(5-8)19-15(20-13)12-3-7-6-18-2-1-11(7)22-12/h3-6H,1-2H2,(H2,17,21)(H,19,20). The van der Waals surface area contributed by atoms with E-state index >= 15 is 0 Å². The van der Waals surface area contributed by atoms with E-state index in [1.54, 1.807) is 11.3 Å². The molecule has 1 aliphatic rings. The van der Waals surface area contributed by atoms with E-state index in [0.717, 1.165) is 29.5 Å². The Hall–Kier alpha value is -2.54. The molecule has 1 amide bonds. The lowest BCUT2D eigenvalue weighted by Crippen LogP contribution is -2.11. The number of rotatable bonds is 2. The minimum atomic E-state index is -0.694. The van der Waals surface area contributed by atoms with Crippen LogP contribution in [0, 0.1) is 5.82 Å². The lowest BCUT2D eigenvalue weighted by molar-refractivity contribution is 0.100. The van der Waals surface area contributed by atoms with Crippen LogP contribution in [0.1, 0.15) is 20.8 Å². The van der Waals surface area contributed by atoms with Crippen LogP contribution in [-0.4, -0.2) is 28.6 Å². The summed E-state index contributed by atoms with van der Waals surface area (Å²) in [7, 11) is 0. The molecule has 0 unspecified atom stereocenters. The highest BCUT2D eigenvalue weighted by molar-refractivity contribution is 7.15. The van der Waals surface area contributed by atoms with Crippen LogP contribution >= 0.6 is 11.3 Å². The second kappa shape index (κ2) is 4.74. The number of nitrogens with two attached hydrogens (primary N) is 1. The predicted octanol–water partition coefficient (Wildman–Crippen LogP) is 2.50. The Morgan fingerprint density at radius 3 is 3.00 bits per heavy atom. The van der Waals surface area contributed by atoms with E-state index in [1.807, 2.05) is 12.3 Å². The molecule has 0 bridgehead atoms. The maximum Gasteiger partial charge on any atom is 0.251 e. The Labute approximate surface area is 128 Å². The van der Waals surface area contributed by atoms with Gasteiger partial charge in [0.1, 0.15) is 17.2 Å². The van der Waals surface area contributed by atoms with Gasteiger partial charge in [0, 0.05) is 29.6 Å². The zero-order chi connectivity index (χ0) is 15.3. The van der Waals surface area contributed by atoms with Crippen LogP contribution in [0.15, 0.2) is 23.2 Å². The number of hydrogen-bond acceptors (Lipinski definition) is 4. The van der Waals surface area contributed by atoms with Gasteiger partial charge >= 0.3 is 0 Å². The summed E-state index contributed by atoms with van der Waals surface area (Å²) in [6.45, 7) is 0.796. The average molecular weight is 314 g/mol. The molecule has 7 heteroatoms. The molecule has 0 spiro atoms. The van der Waals surface area contributed by atoms with E-state index in [9.17, 15) is 9.18 Å². The van der Waals surface area contributed by atoms with Crippen molar-refractivity contribution in [3.8, 4) is 10.7 Å². The first-order valence-electron chi connectivity index (χ1n) is 6.74. The van der Waals surface area contributed by atoms with Crippen molar-refractivity contribution in [2.24, 2.45) is 10.7 Å². The molecule has 0 saturated heterocycles. The zero-order valence-corrected chi connectivity index (χ0v) is 12.2. The molecule has 5 nitrogen and oxygen atoms in total. The Morgan fingerprint density at radius 2 is 2.23 bits per heavy atom. The molecule has 4 rings (SSSR count). The summed E-state index contributed by atoms with van der Waals surface area (Å²) in [5.74, 6) is -0.606. The lowest BCUT2D eigenvalue weighted by atomic mass is 10.1. The molecule has 0 radical (unpaired) electrons. The molecule has 3 heterocycles. The molecular weight excluding hydrogens is 303 g/mol. The third-order valence-electron chi connectivity index (χ3n) is 3.59. The molecule has 110 valence electrons. The minimum absolute atomic E-state index is 0.0837. The fraction of sp³-hybridized carbons (Fsp3) is 0.133. The Morgan fingerprint density at radius 1 is 1.36 bits per heavy atom. The van der Waals surface area contributed by atoms with Gasteiger partial charge in [0.15, 0.2) is 0 Å². The topological polar surface area (TPSA) is 84.1 Å². The van der Waals surface area contributed by atoms with Crippen molar-refractivity contribution in [1.82, 2.24) is 9.97 Å². The van der Waals surface area contributed by atoms with Gasteiger partial charge in [-0.3, -0.25) is 9.79 Å². The van der Waals surface area contributed by atoms with Crippen LogP contribution < -0.4 is 5.73 Å². The van der Waals surface area contributed by atoms with Crippen LogP contribution in [0.3, 0.4) is 0 Å². The number of aliphatic imine (C=N–C) groups is 1. The highest BCUT2D eigenvalue weighted by Crippen LogP contribution is 2.32. The number of carbonyl (C=O) groups excluding carboxylic acids is 1. The van der Waals surface area contributed by atoms with Crippen molar-refractivity contribution in [2.45, 2.75) is 6.42 Å². The number of carbonyl (C=O) groups is 1. The van der Waals surface area contributed by atoms with E-state index < -0.39 is 11.7 Å². The van der Waals surface area contributed by atoms with Gasteiger partial charge in [0.05, 0.1) is 16.0 Å². The number of aromatic amines is 1. The summed E-state index contributed by atoms with van der Waals surface area (Å²) in [6.07, 6.45) is 2.77. The molecule has 0 saturated carbocycles. The molecule has 3 aromatic rings. The number of primary amides is 1. The van der Waals surface area contributed by atoms with Crippen molar-refractivity contribution in [1.29, 1.82) is 0 Å². The Kier molecular flexibility index (Phi) is 2.83. The highest BCUT2D eigenvalue weighted by Gasteiger charge is 2.17. The van der Waals surface area contributed by atoms with Crippen molar-refractivity contribution in [2.75, 3.05) is 6.54 Å². The third-order valence-corrected chi connectivity index (χ3v) is 4.81. The normalized spacial score (nSPS) is 13.5. The molecule has 22 heavy (non-hydrogen) atoms. The first-order valence-corrected chi connectivity index (χ1v) is 7.55. The number of aromatic nitrogens is 2. The lowest BCUT2D eigenvalue weighted by Gasteiger charge is -2.00. The van der Waals surface area contributed by atoms with Crippen molar-refractivity contribution in [3.63, 3.8) is 0 Å². The summed E-state index contributed by atoms with van der Waals surface area (Å²) in [5, 5.41) is 0. The number of imidazole rings is 1. The fourth-order valence-corrected chi connectivity index (χ4v) is 3.65. The van der Waals surface area contributed by atoms with Gasteiger partial charge in [-0.15, -0.1) is 11.3 Å². The van der Waals surface area contributed by atoms with Crippen LogP contribution in [-0.2, 0) is 6.42 Å². The summed E-state index contributed by atoms with van der Waals surface area (Å²) in [4.78, 5) is 25.4. The molecule has 2 aromatic heterocycles. The first kappa shape index (κ1) is 13.1. The van der Waals surface area contributed by atoms with Crippen LogP contribution in [0.5, 0.6) is 0 Å². The summed E-state index contributed by atoms with van der Waals surface area (Å²) in [6, 6.07) is 4.43. The molecule has 0 fully saturated rings. The molecule has 0 atom stereocenters. The van der Waals surface area contributed by atoms with Crippen LogP contribution in [0.25, 0.3) is 21.7 Å². The van der Waals surface area contributed by atoms with Crippen molar-refractivity contribution < 1.29 is 9.18 Å². The number of nitrogens with zero attached hydrogens (tertiary/aromatic N) is 2. The smallest absolute Gasteiger partial charge is 0.251 e. The monoisotopic (exact) mass is 314 g/mol. The number of thiophene rings is 1. The third kappa shape index (κ3) is 2.01. The highest BCUT2D eigenvalue weighted by atomic mass is 32.1. The van der Waals surface area contributed by atoms with Crippen molar-refractivity contribution in [3.05, 3.63) is 40.0 Å². The molecule has 1 aliphatic heterocycles. The number of nitrogens with one attached hydrogen (secondary N) is 1. The van der Waals surface area contributed by atoms with Gasteiger partial charge in [-0.1, -0.05) is 0 Å². The minimum Gasteiger partial charge on any atom is -0.366 e. The Bertz CT molecular complexity index is 941. The quantitative estimate of drug-likeness (QED) is 0.761. The predicted molar refractivity (Wildman–Crippen MR) is 84.0 cm³/mol. The summed E-state index contributed by atoms with van der Waals surface area (Å²) in [5.41, 5.74) is 7.33. The first-order chi connectivity index (χ1) is 10.6. The SMILES string of the molecule is NC(=O)c1cc(F)cc2[nH]c(-c3cc4c(s3)CCN=C4)nc12. The molecule has 0 aliphatic carbocycles. The number of amides is 1. The van der Waals surface area contributed by atoms with Crippen molar-refractivity contribution >= 4 is 34.5 Å². The van der Waals surface area contributed by atoms with E-state index in [-0.39, 0.29) is 5.56 Å². The van der Waals surface area contributed by atoms with E-state index in [4.69, 9.17) is 5.73 Å². The largest absolute Gasteiger partial charge is 0.366 e. The second-order valence-corrected chi connectivity index (χ2v) is 6.21. The fourth-order valence-electron chi connectivity index (χ4n) is 2.58. The van der Waals surface area contributed by atoms with E-state index in [2.05, 4.69) is 15.0 Å². The number of halogens is 1. The van der Waals surface area contributed by atoms with Gasteiger partial charge in [-0.2, -0.15) is 0 Å². The molecule has 3 N–H and O–H groups in total.